The van der Waals surface area contributed by atoms with Crippen LogP contribution in [0.3, 0.4) is 0 Å². The Hall–Kier alpha value is -2.60. The number of carbonyl (C=O) groups excluding carboxylic acids is 3. The molecule has 0 atom stereocenters. The lowest BCUT2D eigenvalue weighted by Crippen LogP contribution is -2.21. The zero-order valence-corrected chi connectivity index (χ0v) is 14.3. The van der Waals surface area contributed by atoms with E-state index in [2.05, 4.69) is 0 Å². The van der Waals surface area contributed by atoms with Gasteiger partial charge >= 0.3 is 5.97 Å². The molecule has 1 amide bonds. The normalized spacial score (nSPS) is 10.3. The lowest BCUT2D eigenvalue weighted by molar-refractivity contribution is 0.0588. The van der Waals surface area contributed by atoms with Crippen LogP contribution in [0.2, 0.25) is 5.02 Å². The summed E-state index contributed by atoms with van der Waals surface area (Å²) in [5, 5.41) is 0.529. The van der Waals surface area contributed by atoms with Crippen molar-refractivity contribution < 1.29 is 19.1 Å². The Kier molecular flexibility index (Phi) is 5.41. The largest absolute Gasteiger partial charge is 0.464 e. The lowest BCUT2D eigenvalue weighted by atomic mass is 10.1. The van der Waals surface area contributed by atoms with Crippen LogP contribution in [0, 0.1) is 0 Å². The highest BCUT2D eigenvalue weighted by Crippen LogP contribution is 2.15. The molecule has 0 saturated heterocycles. The standard InChI is InChI=1S/C17H17ClN2O4/c1-19(2)16(22)12-8-14(17(23)24-3)20(9-12)10-15(21)11-4-6-13(18)7-5-11/h4-9H,10H2,1-3H3. The molecule has 0 unspecified atom stereocenters. The van der Waals surface area contributed by atoms with Crippen LogP contribution in [0.5, 0.6) is 0 Å². The van der Waals surface area contributed by atoms with Gasteiger partial charge in [-0.3, -0.25) is 9.59 Å². The van der Waals surface area contributed by atoms with Gasteiger partial charge < -0.3 is 14.2 Å². The van der Waals surface area contributed by atoms with Crippen LogP contribution < -0.4 is 0 Å². The van der Waals surface area contributed by atoms with Crippen molar-refractivity contribution in [1.29, 1.82) is 0 Å². The number of hydrogen-bond donors (Lipinski definition) is 0. The van der Waals surface area contributed by atoms with Gasteiger partial charge in [0.2, 0.25) is 0 Å². The summed E-state index contributed by atoms with van der Waals surface area (Å²) in [6, 6.07) is 7.87. The molecule has 0 bridgehead atoms. The van der Waals surface area contributed by atoms with Crippen LogP contribution in [0.1, 0.15) is 31.2 Å². The zero-order chi connectivity index (χ0) is 17.9. The Morgan fingerprint density at radius 1 is 1.12 bits per heavy atom. The van der Waals surface area contributed by atoms with Crippen LogP contribution >= 0.6 is 11.6 Å². The second kappa shape index (κ2) is 7.31. The molecule has 0 saturated carbocycles. The Morgan fingerprint density at radius 2 is 1.75 bits per heavy atom. The van der Waals surface area contributed by atoms with Gasteiger partial charge in [-0.15, -0.1) is 0 Å². The summed E-state index contributed by atoms with van der Waals surface area (Å²) >= 11 is 5.81. The highest BCUT2D eigenvalue weighted by Gasteiger charge is 2.20. The second-order valence-corrected chi connectivity index (χ2v) is 5.80. The molecule has 7 heteroatoms. The number of esters is 1. The Bertz CT molecular complexity index is 778. The third-order valence-electron chi connectivity index (χ3n) is 3.42. The van der Waals surface area contributed by atoms with Crippen LogP contribution in [-0.2, 0) is 11.3 Å². The molecule has 2 aromatic rings. The van der Waals surface area contributed by atoms with E-state index in [1.54, 1.807) is 38.4 Å². The number of rotatable bonds is 5. The Morgan fingerprint density at radius 3 is 2.29 bits per heavy atom. The number of Topliss-reactive ketones (excluding diaryl/α,β-unsaturated/α-hetero) is 1. The molecule has 6 nitrogen and oxygen atoms in total. The quantitative estimate of drug-likeness (QED) is 0.615. The van der Waals surface area contributed by atoms with Crippen molar-refractivity contribution in [2.24, 2.45) is 0 Å². The lowest BCUT2D eigenvalue weighted by Gasteiger charge is -2.08. The van der Waals surface area contributed by atoms with Gasteiger partial charge in [-0.05, 0) is 30.3 Å². The predicted molar refractivity (Wildman–Crippen MR) is 89.6 cm³/mol. The maximum atomic E-state index is 12.4. The van der Waals surface area contributed by atoms with Crippen molar-refractivity contribution in [3.63, 3.8) is 0 Å². The van der Waals surface area contributed by atoms with E-state index in [4.69, 9.17) is 16.3 Å². The van der Waals surface area contributed by atoms with Crippen LogP contribution in [0.25, 0.3) is 0 Å². The number of hydrogen-bond acceptors (Lipinski definition) is 4. The number of halogens is 1. The molecule has 126 valence electrons. The summed E-state index contributed by atoms with van der Waals surface area (Å²) in [7, 11) is 4.46. The third kappa shape index (κ3) is 3.83. The van der Waals surface area contributed by atoms with Gasteiger partial charge in [0.05, 0.1) is 19.2 Å². The van der Waals surface area contributed by atoms with Gasteiger partial charge in [-0.1, -0.05) is 11.6 Å². The maximum absolute atomic E-state index is 12.4. The summed E-state index contributed by atoms with van der Waals surface area (Å²) in [4.78, 5) is 37.8. The fourth-order valence-corrected chi connectivity index (χ4v) is 2.30. The molecule has 1 aromatic heterocycles. The smallest absolute Gasteiger partial charge is 0.354 e. The molecule has 0 aliphatic carbocycles. The first-order chi connectivity index (χ1) is 11.3. The number of ether oxygens (including phenoxy) is 1. The first kappa shape index (κ1) is 17.7. The second-order valence-electron chi connectivity index (χ2n) is 5.36. The molecule has 1 heterocycles. The summed E-state index contributed by atoms with van der Waals surface area (Å²) in [6.45, 7) is -0.0905. The molecular formula is C17H17ClN2O4. The number of carbonyl (C=O) groups is 3. The highest BCUT2D eigenvalue weighted by atomic mass is 35.5. The SMILES string of the molecule is COC(=O)c1cc(C(=O)N(C)C)cn1CC(=O)c1ccc(Cl)cc1. The van der Waals surface area contributed by atoms with E-state index in [9.17, 15) is 14.4 Å². The first-order valence-corrected chi connectivity index (χ1v) is 7.50. The van der Waals surface area contributed by atoms with Gasteiger partial charge in [-0.25, -0.2) is 4.79 Å². The average molecular weight is 349 g/mol. The van der Waals surface area contributed by atoms with E-state index in [1.807, 2.05) is 0 Å². The minimum absolute atomic E-state index is 0.0905. The number of nitrogens with zero attached hydrogens (tertiary/aromatic N) is 2. The van der Waals surface area contributed by atoms with Crippen molar-refractivity contribution in [2.45, 2.75) is 6.54 Å². The number of ketones is 1. The van der Waals surface area contributed by atoms with Gasteiger partial charge in [-0.2, -0.15) is 0 Å². The van der Waals surface area contributed by atoms with Gasteiger partial charge in [0, 0.05) is 30.9 Å². The van der Waals surface area contributed by atoms with Gasteiger partial charge in [0.15, 0.2) is 5.78 Å². The minimum Gasteiger partial charge on any atom is -0.464 e. The molecule has 24 heavy (non-hydrogen) atoms. The molecule has 2 rings (SSSR count). The molecule has 0 spiro atoms. The van der Waals surface area contributed by atoms with E-state index < -0.39 is 5.97 Å². The summed E-state index contributed by atoms with van der Waals surface area (Å²) in [6.07, 6.45) is 1.47. The van der Waals surface area contributed by atoms with Crippen molar-refractivity contribution in [2.75, 3.05) is 21.2 Å². The summed E-state index contributed by atoms with van der Waals surface area (Å²) in [5.74, 6) is -1.09. The van der Waals surface area contributed by atoms with E-state index in [1.165, 1.54) is 28.8 Å². The van der Waals surface area contributed by atoms with E-state index >= 15 is 0 Å². The fraction of sp³-hybridized carbons (Fsp3) is 0.235. The van der Waals surface area contributed by atoms with Crippen molar-refractivity contribution in [1.82, 2.24) is 9.47 Å². The number of benzene rings is 1. The number of aromatic nitrogens is 1. The maximum Gasteiger partial charge on any atom is 0.354 e. The third-order valence-corrected chi connectivity index (χ3v) is 3.68. The van der Waals surface area contributed by atoms with E-state index in [-0.39, 0.29) is 23.9 Å². The molecule has 0 N–H and O–H groups in total. The minimum atomic E-state index is -0.614. The molecule has 0 aliphatic heterocycles. The van der Waals surface area contributed by atoms with E-state index in [0.29, 0.717) is 16.1 Å². The molecule has 0 radical (unpaired) electrons. The molecule has 0 aliphatic rings. The van der Waals surface area contributed by atoms with Gasteiger partial charge in [0.25, 0.3) is 5.91 Å². The molecule has 0 fully saturated rings. The number of amides is 1. The zero-order valence-electron chi connectivity index (χ0n) is 13.6. The molecule has 1 aromatic carbocycles. The van der Waals surface area contributed by atoms with Crippen molar-refractivity contribution in [3.8, 4) is 0 Å². The van der Waals surface area contributed by atoms with Crippen molar-refractivity contribution >= 4 is 29.3 Å². The summed E-state index contributed by atoms with van der Waals surface area (Å²) < 4.78 is 6.14. The Balaban J connectivity index is 2.33. The fourth-order valence-electron chi connectivity index (χ4n) is 2.17. The first-order valence-electron chi connectivity index (χ1n) is 7.12. The van der Waals surface area contributed by atoms with Crippen LogP contribution in [0.15, 0.2) is 36.5 Å². The summed E-state index contributed by atoms with van der Waals surface area (Å²) in [5.41, 5.74) is 0.915. The highest BCUT2D eigenvalue weighted by molar-refractivity contribution is 6.30. The molecular weight excluding hydrogens is 332 g/mol. The van der Waals surface area contributed by atoms with Crippen LogP contribution in [0.4, 0.5) is 0 Å². The van der Waals surface area contributed by atoms with Crippen LogP contribution in [-0.4, -0.2) is 48.3 Å². The van der Waals surface area contributed by atoms with Gasteiger partial charge in [0.1, 0.15) is 5.69 Å². The predicted octanol–water partition coefficient (Wildman–Crippen LogP) is 2.51. The Labute approximate surface area is 144 Å². The van der Waals surface area contributed by atoms with Crippen molar-refractivity contribution in [3.05, 3.63) is 58.4 Å². The monoisotopic (exact) mass is 348 g/mol. The van der Waals surface area contributed by atoms with E-state index in [0.717, 1.165) is 0 Å². The number of methoxy groups -OCH3 is 1. The average Bonchev–Trinajstić information content (AvgIpc) is 2.97. The topological polar surface area (TPSA) is 68.6 Å².